The van der Waals surface area contributed by atoms with E-state index in [1.807, 2.05) is 16.4 Å². The van der Waals surface area contributed by atoms with E-state index in [9.17, 15) is 9.18 Å². The molecule has 3 rings (SSSR count). The van der Waals surface area contributed by atoms with Gasteiger partial charge in [-0.15, -0.1) is 10.2 Å². The molecule has 0 aliphatic carbocycles. The third-order valence-electron chi connectivity index (χ3n) is 3.91. The van der Waals surface area contributed by atoms with Gasteiger partial charge < -0.3 is 9.47 Å². The number of likely N-dealkylation sites (tertiary alicyclic amines) is 1. The van der Waals surface area contributed by atoms with Gasteiger partial charge in [-0.05, 0) is 44.0 Å². The van der Waals surface area contributed by atoms with Gasteiger partial charge in [0.25, 0.3) is 0 Å². The first kappa shape index (κ1) is 16.0. The normalized spacial score (nSPS) is 15.2. The van der Waals surface area contributed by atoms with Gasteiger partial charge in [0.15, 0.2) is 11.0 Å². The molecule has 2 heterocycles. The zero-order valence-electron chi connectivity index (χ0n) is 13.0. The third kappa shape index (κ3) is 3.55. The number of rotatable bonds is 5. The van der Waals surface area contributed by atoms with Gasteiger partial charge in [0, 0.05) is 25.1 Å². The Labute approximate surface area is 138 Å². The quantitative estimate of drug-likeness (QED) is 0.788. The highest BCUT2D eigenvalue weighted by Gasteiger charge is 2.20. The number of nitrogens with zero attached hydrogens (tertiary/aromatic N) is 4. The van der Waals surface area contributed by atoms with E-state index in [-0.39, 0.29) is 11.7 Å². The Bertz CT molecular complexity index is 686. The molecule has 2 aromatic rings. The average Bonchev–Trinajstić information content (AvgIpc) is 2.97. The summed E-state index contributed by atoms with van der Waals surface area (Å²) in [6, 6.07) is 6.24. The van der Waals surface area contributed by atoms with Crippen LogP contribution in [0.25, 0.3) is 11.4 Å². The van der Waals surface area contributed by atoms with Crippen molar-refractivity contribution in [3.63, 3.8) is 0 Å². The molecule has 5 nitrogen and oxygen atoms in total. The maximum absolute atomic E-state index is 13.1. The first-order valence-corrected chi connectivity index (χ1v) is 8.77. The number of aromatic nitrogens is 3. The molecule has 0 spiro atoms. The van der Waals surface area contributed by atoms with Crippen LogP contribution in [-0.4, -0.2) is 38.0 Å². The molecule has 1 fully saturated rings. The van der Waals surface area contributed by atoms with E-state index in [1.165, 1.54) is 23.9 Å². The summed E-state index contributed by atoms with van der Waals surface area (Å²) in [6.45, 7) is 3.55. The van der Waals surface area contributed by atoms with E-state index < -0.39 is 0 Å². The van der Waals surface area contributed by atoms with Crippen LogP contribution in [-0.2, 0) is 11.3 Å². The van der Waals surface area contributed by atoms with Crippen LogP contribution in [0.3, 0.4) is 0 Å². The fourth-order valence-corrected chi connectivity index (χ4v) is 3.64. The Balaban J connectivity index is 1.75. The topological polar surface area (TPSA) is 51.0 Å². The summed E-state index contributed by atoms with van der Waals surface area (Å²) in [6.07, 6.45) is 2.69. The fraction of sp³-hybridized carbons (Fsp3) is 0.438. The van der Waals surface area contributed by atoms with Crippen molar-refractivity contribution in [2.24, 2.45) is 0 Å². The Morgan fingerprint density at radius 3 is 2.70 bits per heavy atom. The molecule has 0 bridgehead atoms. The van der Waals surface area contributed by atoms with E-state index in [2.05, 4.69) is 10.2 Å². The van der Waals surface area contributed by atoms with Gasteiger partial charge in [0.1, 0.15) is 5.82 Å². The van der Waals surface area contributed by atoms with Gasteiger partial charge in [-0.1, -0.05) is 11.8 Å². The monoisotopic (exact) mass is 334 g/mol. The lowest BCUT2D eigenvalue weighted by Crippen LogP contribution is -2.34. The number of halogens is 1. The van der Waals surface area contributed by atoms with Crippen molar-refractivity contribution < 1.29 is 9.18 Å². The predicted molar refractivity (Wildman–Crippen MR) is 87.4 cm³/mol. The van der Waals surface area contributed by atoms with Crippen molar-refractivity contribution >= 4 is 17.7 Å². The molecule has 0 radical (unpaired) electrons. The summed E-state index contributed by atoms with van der Waals surface area (Å²) < 4.78 is 15.1. The standard InChI is InChI=1S/C16H19FN4OS/c1-2-21-15(12-6-8-13(17)9-7-12)18-19-16(21)23-11-20-10-4-3-5-14(20)22/h6-9H,2-5,10-11H2,1H3. The SMILES string of the molecule is CCn1c(SCN2CCCCC2=O)nnc1-c1ccc(F)cc1. The number of carbonyl (C=O) groups is 1. The summed E-state index contributed by atoms with van der Waals surface area (Å²) in [5.74, 6) is 1.26. The number of carbonyl (C=O) groups excluding carboxylic acids is 1. The molecule has 0 saturated carbocycles. The lowest BCUT2D eigenvalue weighted by Gasteiger charge is -2.25. The smallest absolute Gasteiger partial charge is 0.223 e. The van der Waals surface area contributed by atoms with Crippen molar-refractivity contribution in [2.45, 2.75) is 37.9 Å². The summed E-state index contributed by atoms with van der Waals surface area (Å²) in [5.41, 5.74) is 0.835. The van der Waals surface area contributed by atoms with E-state index in [0.717, 1.165) is 42.5 Å². The van der Waals surface area contributed by atoms with Gasteiger partial charge >= 0.3 is 0 Å². The highest BCUT2D eigenvalue weighted by Crippen LogP contribution is 2.25. The Morgan fingerprint density at radius 1 is 1.22 bits per heavy atom. The molecule has 0 N–H and O–H groups in total. The van der Waals surface area contributed by atoms with Crippen molar-refractivity contribution in [1.82, 2.24) is 19.7 Å². The zero-order chi connectivity index (χ0) is 16.2. The minimum atomic E-state index is -0.269. The van der Waals surface area contributed by atoms with Gasteiger partial charge in [-0.25, -0.2) is 4.39 Å². The maximum Gasteiger partial charge on any atom is 0.223 e. The van der Waals surface area contributed by atoms with Crippen molar-refractivity contribution in [3.8, 4) is 11.4 Å². The van der Waals surface area contributed by atoms with E-state index >= 15 is 0 Å². The minimum Gasteiger partial charge on any atom is -0.333 e. The molecule has 1 aliphatic heterocycles. The number of thioether (sulfide) groups is 1. The number of benzene rings is 1. The molecule has 23 heavy (non-hydrogen) atoms. The lowest BCUT2D eigenvalue weighted by molar-refractivity contribution is -0.132. The van der Waals surface area contributed by atoms with Crippen molar-refractivity contribution in [3.05, 3.63) is 30.1 Å². The molecule has 1 saturated heterocycles. The highest BCUT2D eigenvalue weighted by atomic mass is 32.2. The molecule has 1 amide bonds. The van der Waals surface area contributed by atoms with E-state index in [1.54, 1.807) is 12.1 Å². The third-order valence-corrected chi connectivity index (χ3v) is 4.91. The molecule has 1 aliphatic rings. The van der Waals surface area contributed by atoms with Crippen LogP contribution in [0, 0.1) is 5.82 Å². The number of piperidine rings is 1. The Hall–Kier alpha value is -1.89. The number of amides is 1. The van der Waals surface area contributed by atoms with Crippen molar-refractivity contribution in [1.29, 1.82) is 0 Å². The molecular weight excluding hydrogens is 315 g/mol. The van der Waals surface area contributed by atoms with Crippen LogP contribution in [0.2, 0.25) is 0 Å². The second-order valence-electron chi connectivity index (χ2n) is 5.45. The number of hydrogen-bond donors (Lipinski definition) is 0. The second-order valence-corrected chi connectivity index (χ2v) is 6.36. The second kappa shape index (κ2) is 7.12. The van der Waals surface area contributed by atoms with E-state index in [4.69, 9.17) is 0 Å². The van der Waals surface area contributed by atoms with Crippen molar-refractivity contribution in [2.75, 3.05) is 12.4 Å². The molecule has 122 valence electrons. The molecule has 7 heteroatoms. The Kier molecular flexibility index (Phi) is 4.95. The van der Waals surface area contributed by atoms with Crippen LogP contribution in [0.5, 0.6) is 0 Å². The summed E-state index contributed by atoms with van der Waals surface area (Å²) in [5, 5.41) is 9.26. The van der Waals surface area contributed by atoms with Crippen LogP contribution in [0.15, 0.2) is 29.4 Å². The van der Waals surface area contributed by atoms with Crippen LogP contribution < -0.4 is 0 Å². The largest absolute Gasteiger partial charge is 0.333 e. The fourth-order valence-electron chi connectivity index (χ4n) is 2.63. The lowest BCUT2D eigenvalue weighted by atomic mass is 10.1. The summed E-state index contributed by atoms with van der Waals surface area (Å²) >= 11 is 1.52. The summed E-state index contributed by atoms with van der Waals surface area (Å²) in [4.78, 5) is 13.7. The molecule has 1 aromatic heterocycles. The van der Waals surface area contributed by atoms with E-state index in [0.29, 0.717) is 12.3 Å². The van der Waals surface area contributed by atoms with Crippen LogP contribution in [0.1, 0.15) is 26.2 Å². The first-order valence-electron chi connectivity index (χ1n) is 7.78. The van der Waals surface area contributed by atoms with Gasteiger partial charge in [0.2, 0.25) is 5.91 Å². The van der Waals surface area contributed by atoms with Gasteiger partial charge in [-0.3, -0.25) is 4.79 Å². The van der Waals surface area contributed by atoms with Crippen LogP contribution >= 0.6 is 11.8 Å². The van der Waals surface area contributed by atoms with Crippen LogP contribution in [0.4, 0.5) is 4.39 Å². The first-order chi connectivity index (χ1) is 11.2. The predicted octanol–water partition coefficient (Wildman–Crippen LogP) is 3.17. The van der Waals surface area contributed by atoms with Gasteiger partial charge in [0.05, 0.1) is 5.88 Å². The Morgan fingerprint density at radius 2 is 2.00 bits per heavy atom. The minimum absolute atomic E-state index is 0.213. The average molecular weight is 334 g/mol. The summed E-state index contributed by atoms with van der Waals surface area (Å²) in [7, 11) is 0. The highest BCUT2D eigenvalue weighted by molar-refractivity contribution is 7.99. The maximum atomic E-state index is 13.1. The number of hydrogen-bond acceptors (Lipinski definition) is 4. The molecule has 0 unspecified atom stereocenters. The molecule has 0 atom stereocenters. The molecular formula is C16H19FN4OS. The zero-order valence-corrected chi connectivity index (χ0v) is 13.9. The van der Waals surface area contributed by atoms with Gasteiger partial charge in [-0.2, -0.15) is 0 Å². The molecule has 1 aromatic carbocycles.